The smallest absolute Gasteiger partial charge is 0.408 e. The Morgan fingerprint density at radius 2 is 2.00 bits per heavy atom. The summed E-state index contributed by atoms with van der Waals surface area (Å²) in [7, 11) is 0. The van der Waals surface area contributed by atoms with Gasteiger partial charge in [0.1, 0.15) is 0 Å². The van der Waals surface area contributed by atoms with Gasteiger partial charge in [-0.15, -0.1) is 0 Å². The number of aromatic nitrogens is 1. The van der Waals surface area contributed by atoms with Crippen molar-refractivity contribution in [3.05, 3.63) is 34.3 Å². The summed E-state index contributed by atoms with van der Waals surface area (Å²) in [5.74, 6) is -0.475. The minimum absolute atomic E-state index is 0.0184. The number of rotatable bonds is 1. The summed E-state index contributed by atoms with van der Waals surface area (Å²) in [5.41, 5.74) is 1.96. The van der Waals surface area contributed by atoms with Gasteiger partial charge in [0, 0.05) is 24.1 Å². The first kappa shape index (κ1) is 12.6. The van der Waals surface area contributed by atoms with Crippen molar-refractivity contribution in [2.24, 2.45) is 5.41 Å². The van der Waals surface area contributed by atoms with Crippen LogP contribution in [0.1, 0.15) is 23.2 Å². The van der Waals surface area contributed by atoms with Crippen molar-refractivity contribution in [3.63, 3.8) is 0 Å². The molecule has 0 atom stereocenters. The summed E-state index contributed by atoms with van der Waals surface area (Å²) in [5, 5.41) is 3.36. The molecule has 0 radical (unpaired) electrons. The number of piperidine rings is 1. The predicted octanol–water partition coefficient (Wildman–Crippen LogP) is 0.947. The van der Waals surface area contributed by atoms with Gasteiger partial charge in [-0.25, -0.2) is 4.79 Å². The van der Waals surface area contributed by atoms with Crippen LogP contribution >= 0.6 is 0 Å². The van der Waals surface area contributed by atoms with Crippen molar-refractivity contribution >= 4 is 17.0 Å². The summed E-state index contributed by atoms with van der Waals surface area (Å²) in [4.78, 5) is 28.1. The lowest BCUT2D eigenvalue weighted by atomic mass is 9.72. The first-order valence-corrected chi connectivity index (χ1v) is 7.28. The highest BCUT2D eigenvalue weighted by atomic mass is 16.4. The van der Waals surface area contributed by atoms with Crippen LogP contribution in [0.2, 0.25) is 0 Å². The van der Waals surface area contributed by atoms with E-state index in [1.165, 1.54) is 0 Å². The lowest BCUT2D eigenvalue weighted by Gasteiger charge is -2.52. The van der Waals surface area contributed by atoms with Gasteiger partial charge in [-0.2, -0.15) is 0 Å². The highest BCUT2D eigenvalue weighted by molar-refractivity contribution is 5.97. The summed E-state index contributed by atoms with van der Waals surface area (Å²) in [6, 6.07) is 5.10. The Labute approximate surface area is 121 Å². The second kappa shape index (κ2) is 4.46. The molecule has 4 rings (SSSR count). The molecule has 3 heterocycles. The van der Waals surface area contributed by atoms with Gasteiger partial charge in [0.15, 0.2) is 5.58 Å². The number of aromatic amines is 1. The van der Waals surface area contributed by atoms with E-state index in [0.29, 0.717) is 22.1 Å². The molecule has 1 aromatic heterocycles. The molecule has 1 spiro atoms. The van der Waals surface area contributed by atoms with Gasteiger partial charge in [0.05, 0.1) is 5.52 Å². The van der Waals surface area contributed by atoms with Crippen molar-refractivity contribution < 1.29 is 9.21 Å². The SMILES string of the molecule is O=C(c1ccc2[nH]c(=O)oc2c1)N1CC2(CCNCC2)C1. The van der Waals surface area contributed by atoms with Crippen molar-refractivity contribution in [2.45, 2.75) is 12.8 Å². The molecule has 2 aliphatic heterocycles. The van der Waals surface area contributed by atoms with Gasteiger partial charge < -0.3 is 14.6 Å². The van der Waals surface area contributed by atoms with Crippen LogP contribution in [0.15, 0.2) is 27.4 Å². The molecule has 0 bridgehead atoms. The quantitative estimate of drug-likeness (QED) is 0.818. The third-order valence-electron chi connectivity index (χ3n) is 4.67. The van der Waals surface area contributed by atoms with E-state index in [1.807, 2.05) is 4.90 Å². The lowest BCUT2D eigenvalue weighted by Crippen LogP contribution is -2.61. The number of benzene rings is 1. The number of fused-ring (bicyclic) bond motifs is 1. The van der Waals surface area contributed by atoms with E-state index in [1.54, 1.807) is 18.2 Å². The minimum atomic E-state index is -0.493. The highest BCUT2D eigenvalue weighted by Crippen LogP contribution is 2.39. The Morgan fingerprint density at radius 1 is 1.24 bits per heavy atom. The third-order valence-corrected chi connectivity index (χ3v) is 4.67. The number of carbonyl (C=O) groups is 1. The number of hydrogen-bond acceptors (Lipinski definition) is 4. The molecular formula is C15H17N3O3. The zero-order valence-corrected chi connectivity index (χ0v) is 11.6. The Bertz CT molecular complexity index is 747. The van der Waals surface area contributed by atoms with Crippen LogP contribution in [0.25, 0.3) is 11.1 Å². The average molecular weight is 287 g/mol. The maximum Gasteiger partial charge on any atom is 0.417 e. The fraction of sp³-hybridized carbons (Fsp3) is 0.467. The van der Waals surface area contributed by atoms with E-state index in [-0.39, 0.29) is 5.91 Å². The second-order valence-corrected chi connectivity index (χ2v) is 6.14. The molecule has 1 amide bonds. The van der Waals surface area contributed by atoms with Crippen LogP contribution in [0.4, 0.5) is 0 Å². The zero-order chi connectivity index (χ0) is 14.4. The topological polar surface area (TPSA) is 78.3 Å². The van der Waals surface area contributed by atoms with E-state index < -0.39 is 5.76 Å². The summed E-state index contributed by atoms with van der Waals surface area (Å²) in [6.45, 7) is 3.76. The van der Waals surface area contributed by atoms with Gasteiger partial charge in [0.25, 0.3) is 5.91 Å². The Morgan fingerprint density at radius 3 is 2.76 bits per heavy atom. The van der Waals surface area contributed by atoms with Gasteiger partial charge >= 0.3 is 5.76 Å². The van der Waals surface area contributed by atoms with E-state index in [0.717, 1.165) is 39.0 Å². The molecule has 0 saturated carbocycles. The van der Waals surface area contributed by atoms with Gasteiger partial charge in [-0.05, 0) is 44.1 Å². The molecule has 110 valence electrons. The third kappa shape index (κ3) is 2.06. The Kier molecular flexibility index (Phi) is 2.68. The zero-order valence-electron chi connectivity index (χ0n) is 11.6. The number of H-pyrrole nitrogens is 1. The van der Waals surface area contributed by atoms with Gasteiger partial charge in [-0.3, -0.25) is 9.78 Å². The summed E-state index contributed by atoms with van der Waals surface area (Å²) >= 11 is 0. The number of amides is 1. The van der Waals surface area contributed by atoms with Crippen molar-refractivity contribution in [3.8, 4) is 0 Å². The molecule has 0 aliphatic carbocycles. The summed E-state index contributed by atoms with van der Waals surface area (Å²) in [6.07, 6.45) is 2.28. The van der Waals surface area contributed by atoms with Crippen molar-refractivity contribution in [1.29, 1.82) is 0 Å². The normalized spacial score (nSPS) is 20.7. The molecule has 2 aromatic rings. The Hall–Kier alpha value is -2.08. The number of nitrogens with one attached hydrogen (secondary N) is 2. The van der Waals surface area contributed by atoms with Crippen LogP contribution in [0, 0.1) is 5.41 Å². The molecule has 2 N–H and O–H groups in total. The van der Waals surface area contributed by atoms with Crippen LogP contribution in [0.3, 0.4) is 0 Å². The van der Waals surface area contributed by atoms with Gasteiger partial charge in [0.2, 0.25) is 0 Å². The maximum absolute atomic E-state index is 12.5. The molecule has 0 unspecified atom stereocenters. The molecule has 2 aliphatic rings. The number of carbonyl (C=O) groups excluding carboxylic acids is 1. The first-order valence-electron chi connectivity index (χ1n) is 7.28. The molecule has 2 saturated heterocycles. The van der Waals surface area contributed by atoms with Crippen LogP contribution in [-0.4, -0.2) is 42.0 Å². The van der Waals surface area contributed by atoms with Crippen molar-refractivity contribution in [2.75, 3.05) is 26.2 Å². The second-order valence-electron chi connectivity index (χ2n) is 6.14. The van der Waals surface area contributed by atoms with E-state index in [4.69, 9.17) is 4.42 Å². The largest absolute Gasteiger partial charge is 0.417 e. The lowest BCUT2D eigenvalue weighted by molar-refractivity contribution is -0.0113. The average Bonchev–Trinajstić information content (AvgIpc) is 2.83. The Balaban J connectivity index is 1.53. The standard InChI is InChI=1S/C15H17N3O3/c19-13(18-8-15(9-18)3-5-16-6-4-15)10-1-2-11-12(7-10)21-14(20)17-11/h1-2,7,16H,3-6,8-9H2,(H,17,20). The predicted molar refractivity (Wildman–Crippen MR) is 77.3 cm³/mol. The molecule has 1 aromatic carbocycles. The van der Waals surface area contributed by atoms with E-state index >= 15 is 0 Å². The molecule has 6 heteroatoms. The number of hydrogen-bond donors (Lipinski definition) is 2. The monoisotopic (exact) mass is 287 g/mol. The number of oxazole rings is 1. The minimum Gasteiger partial charge on any atom is -0.408 e. The first-order chi connectivity index (χ1) is 10.2. The number of likely N-dealkylation sites (tertiary alicyclic amines) is 1. The molecule has 6 nitrogen and oxygen atoms in total. The van der Waals surface area contributed by atoms with E-state index in [9.17, 15) is 9.59 Å². The van der Waals surface area contributed by atoms with E-state index in [2.05, 4.69) is 10.3 Å². The summed E-state index contributed by atoms with van der Waals surface area (Å²) < 4.78 is 5.01. The maximum atomic E-state index is 12.5. The van der Waals surface area contributed by atoms with Crippen LogP contribution < -0.4 is 11.1 Å². The fourth-order valence-electron chi connectivity index (χ4n) is 3.44. The molecule has 2 fully saturated rings. The molecule has 21 heavy (non-hydrogen) atoms. The molecular weight excluding hydrogens is 270 g/mol. The van der Waals surface area contributed by atoms with Gasteiger partial charge in [-0.1, -0.05) is 0 Å². The van der Waals surface area contributed by atoms with Crippen molar-refractivity contribution in [1.82, 2.24) is 15.2 Å². The highest BCUT2D eigenvalue weighted by Gasteiger charge is 2.45. The fourth-order valence-corrected chi connectivity index (χ4v) is 3.44. The number of nitrogens with zero attached hydrogens (tertiary/aromatic N) is 1. The van der Waals surface area contributed by atoms with Crippen LogP contribution in [0.5, 0.6) is 0 Å². The van der Waals surface area contributed by atoms with Crippen LogP contribution in [-0.2, 0) is 0 Å².